The zero-order chi connectivity index (χ0) is 13.9. The topological polar surface area (TPSA) is 50.9 Å². The first kappa shape index (κ1) is 13.6. The molecule has 3 rings (SSSR count). The lowest BCUT2D eigenvalue weighted by Gasteiger charge is -2.24. The molecule has 2 heterocycles. The third-order valence-corrected chi connectivity index (χ3v) is 4.93. The zero-order valence-corrected chi connectivity index (χ0v) is 12.8. The molecule has 0 saturated carbocycles. The van der Waals surface area contributed by atoms with Crippen LogP contribution in [0, 0.1) is 0 Å². The lowest BCUT2D eigenvalue weighted by Crippen LogP contribution is -2.28. The Bertz CT molecular complexity index is 636. The standard InChI is InChI=1S/C15H17N3S2/c16-14(19)12-8-10-4-1-2-6-13(10)18-15(12)17-11-5-3-7-20-9-11/h1-2,4,6,8,11H,3,5,7,9H2,(H2,16,19)(H,17,18). The van der Waals surface area contributed by atoms with Gasteiger partial charge in [-0.2, -0.15) is 11.8 Å². The largest absolute Gasteiger partial charge is 0.389 e. The second-order valence-corrected chi connectivity index (χ2v) is 6.59. The summed E-state index contributed by atoms with van der Waals surface area (Å²) in [6.07, 6.45) is 2.43. The molecule has 1 saturated heterocycles. The summed E-state index contributed by atoms with van der Waals surface area (Å²) in [5.74, 6) is 3.19. The van der Waals surface area contributed by atoms with Gasteiger partial charge in [-0.05, 0) is 30.7 Å². The van der Waals surface area contributed by atoms with Gasteiger partial charge in [0.1, 0.15) is 10.8 Å². The van der Waals surface area contributed by atoms with Gasteiger partial charge in [0.05, 0.1) is 11.1 Å². The summed E-state index contributed by atoms with van der Waals surface area (Å²) in [4.78, 5) is 5.10. The maximum atomic E-state index is 5.86. The predicted molar refractivity (Wildman–Crippen MR) is 91.6 cm³/mol. The van der Waals surface area contributed by atoms with Crippen LogP contribution >= 0.6 is 24.0 Å². The number of benzene rings is 1. The van der Waals surface area contributed by atoms with Crippen LogP contribution in [0.3, 0.4) is 0 Å². The fraction of sp³-hybridized carbons (Fsp3) is 0.333. The van der Waals surface area contributed by atoms with E-state index in [-0.39, 0.29) is 0 Å². The van der Waals surface area contributed by atoms with Crippen LogP contribution in [0.5, 0.6) is 0 Å². The van der Waals surface area contributed by atoms with Crippen LogP contribution in [-0.2, 0) is 0 Å². The van der Waals surface area contributed by atoms with Gasteiger partial charge in [-0.3, -0.25) is 0 Å². The summed E-state index contributed by atoms with van der Waals surface area (Å²) >= 11 is 7.16. The normalized spacial score (nSPS) is 18.9. The zero-order valence-electron chi connectivity index (χ0n) is 11.1. The van der Waals surface area contributed by atoms with Gasteiger partial charge in [-0.1, -0.05) is 30.4 Å². The summed E-state index contributed by atoms with van der Waals surface area (Å²) < 4.78 is 0. The molecule has 5 heteroatoms. The Morgan fingerprint density at radius 1 is 1.40 bits per heavy atom. The second kappa shape index (κ2) is 5.97. The van der Waals surface area contributed by atoms with Gasteiger partial charge in [0, 0.05) is 17.2 Å². The number of hydrogen-bond donors (Lipinski definition) is 2. The summed E-state index contributed by atoms with van der Waals surface area (Å²) in [5.41, 5.74) is 7.67. The van der Waals surface area contributed by atoms with Crippen LogP contribution in [0.4, 0.5) is 5.82 Å². The number of hydrogen-bond acceptors (Lipinski definition) is 4. The van der Waals surface area contributed by atoms with Crippen molar-refractivity contribution in [3.8, 4) is 0 Å². The molecule has 1 fully saturated rings. The molecule has 1 aromatic heterocycles. The van der Waals surface area contributed by atoms with E-state index in [9.17, 15) is 0 Å². The van der Waals surface area contributed by atoms with Gasteiger partial charge in [-0.15, -0.1) is 0 Å². The number of thioether (sulfide) groups is 1. The highest BCUT2D eigenvalue weighted by Gasteiger charge is 2.17. The van der Waals surface area contributed by atoms with E-state index in [0.717, 1.165) is 28.0 Å². The van der Waals surface area contributed by atoms with Crippen molar-refractivity contribution in [2.75, 3.05) is 16.8 Å². The highest BCUT2D eigenvalue weighted by molar-refractivity contribution is 7.99. The number of aromatic nitrogens is 1. The molecule has 0 aliphatic carbocycles. The first-order valence-corrected chi connectivity index (χ1v) is 8.34. The molecule has 0 spiro atoms. The lowest BCUT2D eigenvalue weighted by molar-refractivity contribution is 0.682. The van der Waals surface area contributed by atoms with E-state index in [0.29, 0.717) is 11.0 Å². The van der Waals surface area contributed by atoms with Gasteiger partial charge >= 0.3 is 0 Å². The highest BCUT2D eigenvalue weighted by Crippen LogP contribution is 2.24. The summed E-state index contributed by atoms with van der Waals surface area (Å²) in [7, 11) is 0. The monoisotopic (exact) mass is 303 g/mol. The molecule has 0 radical (unpaired) electrons. The summed E-state index contributed by atoms with van der Waals surface area (Å²) in [6, 6.07) is 10.5. The first-order valence-electron chi connectivity index (χ1n) is 6.78. The molecule has 1 aliphatic heterocycles. The summed E-state index contributed by atoms with van der Waals surface area (Å²) in [5, 5.41) is 4.59. The van der Waals surface area contributed by atoms with Crippen LogP contribution in [0.1, 0.15) is 18.4 Å². The third-order valence-electron chi connectivity index (χ3n) is 3.49. The number of thiocarbonyl (C=S) groups is 1. The van der Waals surface area contributed by atoms with Gasteiger partial charge in [0.2, 0.25) is 0 Å². The van der Waals surface area contributed by atoms with Gasteiger partial charge in [0.25, 0.3) is 0 Å². The van der Waals surface area contributed by atoms with E-state index in [4.69, 9.17) is 22.9 Å². The number of nitrogens with two attached hydrogens (primary N) is 1. The Kier molecular flexibility index (Phi) is 4.08. The Morgan fingerprint density at radius 3 is 3.00 bits per heavy atom. The maximum absolute atomic E-state index is 5.86. The Morgan fingerprint density at radius 2 is 2.25 bits per heavy atom. The number of nitrogens with zero attached hydrogens (tertiary/aromatic N) is 1. The fourth-order valence-corrected chi connectivity index (χ4v) is 3.69. The minimum atomic E-state index is 0.397. The van der Waals surface area contributed by atoms with E-state index in [1.807, 2.05) is 42.1 Å². The lowest BCUT2D eigenvalue weighted by atomic mass is 10.1. The molecule has 1 aromatic carbocycles. The number of pyridine rings is 1. The van der Waals surface area contributed by atoms with Crippen molar-refractivity contribution in [1.82, 2.24) is 4.98 Å². The molecule has 1 atom stereocenters. The van der Waals surface area contributed by atoms with Gasteiger partial charge < -0.3 is 11.1 Å². The van der Waals surface area contributed by atoms with Crippen molar-refractivity contribution in [3.05, 3.63) is 35.9 Å². The van der Waals surface area contributed by atoms with Crippen LogP contribution in [0.2, 0.25) is 0 Å². The molecule has 104 valence electrons. The minimum Gasteiger partial charge on any atom is -0.389 e. The molecule has 3 nitrogen and oxygen atoms in total. The Labute approximate surface area is 128 Å². The van der Waals surface area contributed by atoms with Crippen molar-refractivity contribution in [2.24, 2.45) is 5.73 Å². The number of nitrogens with one attached hydrogen (secondary N) is 1. The molecule has 0 bridgehead atoms. The predicted octanol–water partition coefficient (Wildman–Crippen LogP) is 3.18. The molecule has 2 aromatic rings. The van der Waals surface area contributed by atoms with Crippen LogP contribution < -0.4 is 11.1 Å². The van der Waals surface area contributed by atoms with Crippen LogP contribution in [-0.4, -0.2) is 27.5 Å². The SMILES string of the molecule is NC(=S)c1cc2ccccc2nc1NC1CCCSC1. The number of para-hydroxylation sites is 1. The van der Waals surface area contributed by atoms with Crippen molar-refractivity contribution in [3.63, 3.8) is 0 Å². The smallest absolute Gasteiger partial charge is 0.137 e. The quantitative estimate of drug-likeness (QED) is 0.853. The molecular weight excluding hydrogens is 286 g/mol. The van der Waals surface area contributed by atoms with Gasteiger partial charge in [0.15, 0.2) is 0 Å². The average molecular weight is 303 g/mol. The number of fused-ring (bicyclic) bond motifs is 1. The molecular formula is C15H17N3S2. The molecule has 20 heavy (non-hydrogen) atoms. The van der Waals surface area contributed by atoms with Gasteiger partial charge in [-0.25, -0.2) is 4.98 Å². The van der Waals surface area contributed by atoms with E-state index in [1.165, 1.54) is 18.6 Å². The van der Waals surface area contributed by atoms with Crippen molar-refractivity contribution >= 4 is 45.7 Å². The van der Waals surface area contributed by atoms with Crippen LogP contribution in [0.25, 0.3) is 10.9 Å². The van der Waals surface area contributed by atoms with E-state index in [2.05, 4.69) is 5.32 Å². The average Bonchev–Trinajstić information content (AvgIpc) is 2.47. The number of anilines is 1. The first-order chi connectivity index (χ1) is 9.74. The molecule has 0 amide bonds. The van der Waals surface area contributed by atoms with E-state index >= 15 is 0 Å². The third kappa shape index (κ3) is 2.88. The molecule has 1 unspecified atom stereocenters. The number of rotatable bonds is 3. The maximum Gasteiger partial charge on any atom is 0.137 e. The minimum absolute atomic E-state index is 0.397. The van der Waals surface area contributed by atoms with Crippen LogP contribution in [0.15, 0.2) is 30.3 Å². The fourth-order valence-electron chi connectivity index (χ4n) is 2.46. The highest BCUT2D eigenvalue weighted by atomic mass is 32.2. The van der Waals surface area contributed by atoms with Crippen molar-refractivity contribution in [1.29, 1.82) is 0 Å². The van der Waals surface area contributed by atoms with Crippen molar-refractivity contribution in [2.45, 2.75) is 18.9 Å². The second-order valence-electron chi connectivity index (χ2n) is 5.00. The Hall–Kier alpha value is -1.33. The molecule has 1 aliphatic rings. The van der Waals surface area contributed by atoms with E-state index in [1.54, 1.807) is 0 Å². The van der Waals surface area contributed by atoms with E-state index < -0.39 is 0 Å². The Balaban J connectivity index is 1.98. The molecule has 3 N–H and O–H groups in total. The summed E-state index contributed by atoms with van der Waals surface area (Å²) in [6.45, 7) is 0. The van der Waals surface area contributed by atoms with Crippen molar-refractivity contribution < 1.29 is 0 Å².